The number of rotatable bonds is 11. The van der Waals surface area contributed by atoms with Gasteiger partial charge in [-0.1, -0.05) is 18.2 Å². The van der Waals surface area contributed by atoms with Gasteiger partial charge in [-0.05, 0) is 6.42 Å². The van der Waals surface area contributed by atoms with Gasteiger partial charge >= 0.3 is 202 Å². The van der Waals surface area contributed by atoms with Crippen molar-refractivity contribution in [1.29, 1.82) is 0 Å². The molecule has 0 saturated carbocycles. The van der Waals surface area contributed by atoms with E-state index in [2.05, 4.69) is 0 Å². The molecule has 2 aliphatic rings. The number of alkyl halides is 1. The van der Waals surface area contributed by atoms with Crippen molar-refractivity contribution in [1.82, 2.24) is 0 Å². The van der Waals surface area contributed by atoms with Crippen molar-refractivity contribution in [3.63, 3.8) is 0 Å². The molecule has 0 saturated heterocycles. The molecular weight excluding hydrogens is 600 g/mol. The van der Waals surface area contributed by atoms with Gasteiger partial charge in [0.1, 0.15) is 0 Å². The Bertz CT molecular complexity index is 1570. The van der Waals surface area contributed by atoms with Gasteiger partial charge in [-0.15, -0.1) is 0 Å². The van der Waals surface area contributed by atoms with E-state index in [4.69, 9.17) is 4.74 Å². The Kier molecular flexibility index (Phi) is 9.07. The standard InChI is InChI=1S/C29H33AsFNO7S/c1-29(2)24-20-23(30(33,34)35)14-15-25(24)32(17-8-18-40(36,37)38)28(29)13-7-12-27-22(10-5-6-16-31)19-21-9-3-4-11-26(21)39-27/h3-4,7,9,11-15,19-20H,5-6,8,10,16-18H2,1-2H3,(H2-,33,34,35,36,37,38)/p+1. The van der Waals surface area contributed by atoms with E-state index in [0.29, 0.717) is 30.6 Å². The third kappa shape index (κ3) is 6.93. The van der Waals surface area contributed by atoms with Crippen LogP contribution in [0.2, 0.25) is 0 Å². The number of unbranched alkanes of at least 4 members (excludes halogenated alkanes) is 1. The van der Waals surface area contributed by atoms with E-state index in [9.17, 15) is 29.3 Å². The van der Waals surface area contributed by atoms with Crippen LogP contribution in [0, 0.1) is 0 Å². The fourth-order valence-electron chi connectivity index (χ4n) is 5.10. The zero-order valence-corrected chi connectivity index (χ0v) is 25.1. The van der Waals surface area contributed by atoms with Crippen molar-refractivity contribution in [2.24, 2.45) is 0 Å². The summed E-state index contributed by atoms with van der Waals surface area (Å²) in [5.74, 6) is 0.952. The molecule has 0 unspecified atom stereocenters. The number of hydrogen-bond acceptors (Lipinski definition) is 4. The summed E-state index contributed by atoms with van der Waals surface area (Å²) >= 11 is -5.16. The zero-order valence-electron chi connectivity index (χ0n) is 22.5. The Labute approximate surface area is 237 Å². The van der Waals surface area contributed by atoms with Crippen molar-refractivity contribution in [2.75, 3.05) is 19.0 Å². The number of nitrogens with zero attached hydrogens (tertiary/aromatic N) is 1. The van der Waals surface area contributed by atoms with Gasteiger partial charge in [-0.3, -0.25) is 4.39 Å². The molecular formula is C29H34AsFNO7S+. The van der Waals surface area contributed by atoms with Gasteiger partial charge in [0.2, 0.25) is 0 Å². The Hall–Kier alpha value is -2.75. The summed E-state index contributed by atoms with van der Waals surface area (Å²) in [6.45, 7) is 3.77. The second-order valence-electron chi connectivity index (χ2n) is 10.4. The van der Waals surface area contributed by atoms with Crippen molar-refractivity contribution < 1.29 is 38.6 Å². The van der Waals surface area contributed by atoms with Crippen LogP contribution in [-0.4, -0.2) is 64.6 Å². The van der Waals surface area contributed by atoms with E-state index in [-0.39, 0.29) is 24.0 Å². The summed E-state index contributed by atoms with van der Waals surface area (Å²) in [5.41, 5.74) is 3.47. The second kappa shape index (κ2) is 12.0. The minimum atomic E-state index is -5.16. The summed E-state index contributed by atoms with van der Waals surface area (Å²) in [4.78, 5) is 0. The molecule has 0 bridgehead atoms. The number of fused-ring (bicyclic) bond motifs is 2. The molecule has 0 aliphatic carbocycles. The van der Waals surface area contributed by atoms with Crippen LogP contribution in [0.1, 0.15) is 50.7 Å². The van der Waals surface area contributed by atoms with Crippen LogP contribution in [0.5, 0.6) is 5.75 Å². The normalized spacial score (nSPS) is 17.6. The Morgan fingerprint density at radius 1 is 1.10 bits per heavy atom. The summed E-state index contributed by atoms with van der Waals surface area (Å²) in [6.07, 6.45) is 9.54. The zero-order chi connectivity index (χ0) is 29.1. The SMILES string of the molecule is CC1(C)C(C=CC=C2Oc3ccccc3C=C2CCCCF)=[N+](CCCS(=O)(=O)O)c2ccc([As](=O)(O)O)cc21. The minimum absolute atomic E-state index is 0.0347. The number of benzene rings is 2. The number of para-hydroxylation sites is 1. The maximum absolute atomic E-state index is 12.8. The fourth-order valence-corrected chi connectivity index (χ4v) is 6.78. The van der Waals surface area contributed by atoms with E-state index in [1.54, 1.807) is 6.07 Å². The van der Waals surface area contributed by atoms with E-state index >= 15 is 0 Å². The van der Waals surface area contributed by atoms with Crippen molar-refractivity contribution in [3.8, 4) is 5.75 Å². The van der Waals surface area contributed by atoms with Crippen molar-refractivity contribution in [3.05, 3.63) is 83.2 Å². The van der Waals surface area contributed by atoms with E-state index in [1.165, 1.54) is 12.1 Å². The quantitative estimate of drug-likeness (QED) is 0.148. The summed E-state index contributed by atoms with van der Waals surface area (Å²) in [5, 5.41) is 0. The van der Waals surface area contributed by atoms with Crippen LogP contribution < -0.4 is 9.09 Å². The molecule has 0 radical (unpaired) electrons. The Balaban J connectivity index is 1.72. The third-order valence-corrected chi connectivity index (χ3v) is 9.91. The van der Waals surface area contributed by atoms with Gasteiger partial charge in [0.25, 0.3) is 0 Å². The number of ether oxygens (including phenoxy) is 1. The maximum atomic E-state index is 12.8. The van der Waals surface area contributed by atoms with E-state index in [0.717, 1.165) is 28.3 Å². The van der Waals surface area contributed by atoms with Crippen LogP contribution in [0.25, 0.3) is 6.08 Å². The predicted molar refractivity (Wildman–Crippen MR) is 153 cm³/mol. The molecule has 2 aromatic rings. The molecule has 8 nitrogen and oxygen atoms in total. The Morgan fingerprint density at radius 3 is 2.55 bits per heavy atom. The first-order chi connectivity index (χ1) is 18.8. The van der Waals surface area contributed by atoms with Crippen molar-refractivity contribution in [2.45, 2.75) is 44.9 Å². The third-order valence-electron chi connectivity index (χ3n) is 7.11. The van der Waals surface area contributed by atoms with Crippen LogP contribution in [0.3, 0.4) is 0 Å². The van der Waals surface area contributed by atoms with Crippen LogP contribution >= 0.6 is 0 Å². The molecule has 4 rings (SSSR count). The first-order valence-electron chi connectivity index (χ1n) is 13.0. The molecule has 0 amide bonds. The van der Waals surface area contributed by atoms with Gasteiger partial charge in [0.15, 0.2) is 0 Å². The summed E-state index contributed by atoms with van der Waals surface area (Å²) in [6, 6.07) is 12.2. The number of hydrogen-bond donors (Lipinski definition) is 3. The van der Waals surface area contributed by atoms with E-state index in [1.807, 2.05) is 67.0 Å². The molecule has 11 heteroatoms. The number of halogens is 1. The topological polar surface area (TPSA) is 124 Å². The average molecular weight is 635 g/mol. The van der Waals surface area contributed by atoms with Crippen LogP contribution in [0.4, 0.5) is 10.1 Å². The predicted octanol–water partition coefficient (Wildman–Crippen LogP) is 3.96. The van der Waals surface area contributed by atoms with Gasteiger partial charge in [-0.25, -0.2) is 0 Å². The Morgan fingerprint density at radius 2 is 1.85 bits per heavy atom. The monoisotopic (exact) mass is 634 g/mol. The molecule has 0 atom stereocenters. The number of allylic oxidation sites excluding steroid dienone is 4. The van der Waals surface area contributed by atoms with Gasteiger partial charge in [0.05, 0.1) is 6.67 Å². The van der Waals surface area contributed by atoms with Gasteiger partial charge in [-0.2, -0.15) is 0 Å². The summed E-state index contributed by atoms with van der Waals surface area (Å²) < 4.78 is 84.4. The van der Waals surface area contributed by atoms with E-state index < -0.39 is 35.5 Å². The van der Waals surface area contributed by atoms with Gasteiger partial charge in [0, 0.05) is 0 Å². The molecule has 0 aromatic heterocycles. The molecule has 2 aliphatic heterocycles. The van der Waals surface area contributed by atoms with Crippen LogP contribution in [-0.2, 0) is 19.3 Å². The van der Waals surface area contributed by atoms with Crippen LogP contribution in [0.15, 0.2) is 72.0 Å². The summed E-state index contributed by atoms with van der Waals surface area (Å²) in [7, 11) is -4.15. The molecule has 2 heterocycles. The first-order valence-corrected chi connectivity index (χ1v) is 18.0. The molecule has 0 spiro atoms. The molecule has 214 valence electrons. The fraction of sp³-hybridized carbons (Fsp3) is 0.345. The molecule has 2 aromatic carbocycles. The first kappa shape index (κ1) is 30.2. The van der Waals surface area contributed by atoms with Crippen molar-refractivity contribution >= 4 is 46.1 Å². The molecule has 3 N–H and O–H groups in total. The average Bonchev–Trinajstić information content (AvgIpc) is 3.08. The molecule has 0 fully saturated rings. The second-order valence-corrected chi connectivity index (χ2v) is 15.3. The van der Waals surface area contributed by atoms with Gasteiger partial charge < -0.3 is 0 Å². The molecule has 40 heavy (non-hydrogen) atoms.